The predicted octanol–water partition coefficient (Wildman–Crippen LogP) is 4.76. The van der Waals surface area contributed by atoms with Gasteiger partial charge in [-0.3, -0.25) is 4.79 Å². The van der Waals surface area contributed by atoms with Crippen LogP contribution in [0.15, 0.2) is 42.5 Å². The number of rotatable bonds is 4. The molecule has 0 bridgehead atoms. The lowest BCUT2D eigenvalue weighted by Crippen LogP contribution is -2.36. The molecular weight excluding hydrogens is 404 g/mol. The molecule has 160 valence electrons. The third-order valence-corrected chi connectivity index (χ3v) is 5.78. The summed E-state index contributed by atoms with van der Waals surface area (Å²) in [4.78, 5) is 26.7. The second kappa shape index (κ2) is 8.40. The van der Waals surface area contributed by atoms with Gasteiger partial charge < -0.3 is 14.4 Å². The van der Waals surface area contributed by atoms with Gasteiger partial charge in [0.1, 0.15) is 17.4 Å². The van der Waals surface area contributed by atoms with E-state index < -0.39 is 0 Å². The maximum absolute atomic E-state index is 12.0. The quantitative estimate of drug-likeness (QED) is 0.560. The molecule has 0 spiro atoms. The van der Waals surface area contributed by atoms with Gasteiger partial charge in [0.25, 0.3) is 0 Å². The fourth-order valence-corrected chi connectivity index (χ4v) is 4.17. The van der Waals surface area contributed by atoms with Crippen LogP contribution in [0.5, 0.6) is 11.6 Å². The Bertz CT molecular complexity index is 1240. The monoisotopic (exact) mass is 426 g/mol. The van der Waals surface area contributed by atoms with E-state index in [1.54, 1.807) is 12.1 Å². The number of carbonyl (C=O) groups is 1. The van der Waals surface area contributed by atoms with Gasteiger partial charge in [-0.15, -0.1) is 0 Å². The zero-order valence-electron chi connectivity index (χ0n) is 17.8. The fourth-order valence-electron chi connectivity index (χ4n) is 4.17. The van der Waals surface area contributed by atoms with Gasteiger partial charge in [-0.05, 0) is 30.5 Å². The Labute approximate surface area is 186 Å². The van der Waals surface area contributed by atoms with Gasteiger partial charge in [-0.25, -0.2) is 9.83 Å². The van der Waals surface area contributed by atoms with Crippen molar-refractivity contribution in [2.75, 3.05) is 31.2 Å². The minimum absolute atomic E-state index is 0.193. The van der Waals surface area contributed by atoms with Crippen molar-refractivity contribution in [2.24, 2.45) is 0 Å². The molecule has 2 heterocycles. The van der Waals surface area contributed by atoms with E-state index in [0.717, 1.165) is 47.6 Å². The number of nitrogens with zero attached hydrogens (tertiary/aromatic N) is 4. The van der Waals surface area contributed by atoms with Crippen LogP contribution < -0.4 is 9.64 Å². The average molecular weight is 426 g/mol. The number of Topliss-reactive ketones (excluding diaryl/α,β-unsaturated/α-hetero) is 1. The highest BCUT2D eigenvalue weighted by Gasteiger charge is 2.21. The number of ether oxygens (including phenoxy) is 2. The molecule has 1 aliphatic heterocycles. The Morgan fingerprint density at radius 3 is 2.66 bits per heavy atom. The first kappa shape index (κ1) is 20.2. The van der Waals surface area contributed by atoms with Crippen LogP contribution in [0.3, 0.4) is 0 Å². The molecule has 0 amide bonds. The first-order valence-corrected chi connectivity index (χ1v) is 10.6. The normalized spacial score (nSPS) is 15.4. The number of carbonyl (C=O) groups excluding carboxylic acids is 1. The third-order valence-electron chi connectivity index (χ3n) is 5.78. The number of benzene rings is 2. The standard InChI is InChI=1S/C25H22N4O3/c1-16-27-24(29-9-11-31-12-10-29)15-25(28-16)32-23-14-19(26-2)5-7-21(23)18-3-6-20-17(13-18)4-8-22(20)30/h3,5-7,13-15H,4,8-12H2,1H3. The molecule has 0 atom stereocenters. The van der Waals surface area contributed by atoms with E-state index in [4.69, 9.17) is 16.0 Å². The smallest absolute Gasteiger partial charge is 0.224 e. The van der Waals surface area contributed by atoms with Gasteiger partial charge in [0.15, 0.2) is 11.5 Å². The van der Waals surface area contributed by atoms with Crippen LogP contribution in [-0.2, 0) is 11.2 Å². The highest BCUT2D eigenvalue weighted by molar-refractivity contribution is 6.01. The van der Waals surface area contributed by atoms with Gasteiger partial charge in [-0.1, -0.05) is 30.3 Å². The van der Waals surface area contributed by atoms with Gasteiger partial charge >= 0.3 is 0 Å². The first-order chi connectivity index (χ1) is 15.6. The van der Waals surface area contributed by atoms with Gasteiger partial charge in [0.2, 0.25) is 5.88 Å². The van der Waals surface area contributed by atoms with Crippen LogP contribution in [-0.4, -0.2) is 42.1 Å². The minimum Gasteiger partial charge on any atom is -0.440 e. The van der Waals surface area contributed by atoms with Gasteiger partial charge in [0.05, 0.1) is 19.8 Å². The van der Waals surface area contributed by atoms with Gasteiger partial charge in [0, 0.05) is 36.7 Å². The molecule has 1 aromatic heterocycles. The molecule has 0 saturated carbocycles. The molecule has 7 nitrogen and oxygen atoms in total. The molecule has 0 unspecified atom stereocenters. The van der Waals surface area contributed by atoms with Crippen LogP contribution >= 0.6 is 0 Å². The van der Waals surface area contributed by atoms with E-state index in [-0.39, 0.29) is 5.78 Å². The number of aryl methyl sites for hydroxylation is 2. The number of fused-ring (bicyclic) bond motifs is 1. The van der Waals surface area contributed by atoms with E-state index in [9.17, 15) is 4.79 Å². The van der Waals surface area contributed by atoms with Crippen molar-refractivity contribution in [3.05, 3.63) is 70.8 Å². The minimum atomic E-state index is 0.193. The zero-order valence-corrected chi connectivity index (χ0v) is 17.8. The summed E-state index contributed by atoms with van der Waals surface area (Å²) in [7, 11) is 0. The summed E-state index contributed by atoms with van der Waals surface area (Å²) < 4.78 is 11.7. The summed E-state index contributed by atoms with van der Waals surface area (Å²) in [5.41, 5.74) is 4.14. The van der Waals surface area contributed by atoms with Crippen molar-refractivity contribution in [1.29, 1.82) is 0 Å². The van der Waals surface area contributed by atoms with E-state index in [1.165, 1.54) is 0 Å². The number of hydrogen-bond acceptors (Lipinski definition) is 6. The number of anilines is 1. The molecule has 0 N–H and O–H groups in total. The molecule has 0 radical (unpaired) electrons. The predicted molar refractivity (Wildman–Crippen MR) is 121 cm³/mol. The van der Waals surface area contributed by atoms with Crippen molar-refractivity contribution in [2.45, 2.75) is 19.8 Å². The molecule has 2 aliphatic rings. The Morgan fingerprint density at radius 1 is 1.03 bits per heavy atom. The second-order valence-corrected chi connectivity index (χ2v) is 7.90. The van der Waals surface area contributed by atoms with Crippen molar-refractivity contribution in [3.63, 3.8) is 0 Å². The highest BCUT2D eigenvalue weighted by Crippen LogP contribution is 2.38. The topological polar surface area (TPSA) is 68.9 Å². The number of morpholine rings is 1. The second-order valence-electron chi connectivity index (χ2n) is 7.90. The number of hydrogen-bond donors (Lipinski definition) is 0. The lowest BCUT2D eigenvalue weighted by molar-refractivity contribution is 0.0994. The summed E-state index contributed by atoms with van der Waals surface area (Å²) in [5, 5.41) is 0. The van der Waals surface area contributed by atoms with Crippen LogP contribution in [0.4, 0.5) is 11.5 Å². The van der Waals surface area contributed by atoms with Crippen LogP contribution in [0.25, 0.3) is 16.0 Å². The highest BCUT2D eigenvalue weighted by atomic mass is 16.5. The molecule has 32 heavy (non-hydrogen) atoms. The van der Waals surface area contributed by atoms with Crippen LogP contribution in [0, 0.1) is 13.5 Å². The van der Waals surface area contributed by atoms with E-state index in [1.807, 2.05) is 37.3 Å². The third kappa shape index (κ3) is 3.93. The molecule has 7 heteroatoms. The van der Waals surface area contributed by atoms with Crippen molar-refractivity contribution < 1.29 is 14.3 Å². The van der Waals surface area contributed by atoms with Crippen LogP contribution in [0.1, 0.15) is 28.2 Å². The lowest BCUT2D eigenvalue weighted by atomic mass is 9.99. The molecular formula is C25H22N4O3. The molecule has 3 aromatic rings. The number of aromatic nitrogens is 2. The summed E-state index contributed by atoms with van der Waals surface area (Å²) >= 11 is 0. The van der Waals surface area contributed by atoms with Crippen LogP contribution in [0.2, 0.25) is 0 Å². The molecule has 1 fully saturated rings. The van der Waals surface area contributed by atoms with Crippen molar-refractivity contribution in [1.82, 2.24) is 9.97 Å². The first-order valence-electron chi connectivity index (χ1n) is 10.6. The summed E-state index contributed by atoms with van der Waals surface area (Å²) in [6.07, 6.45) is 1.32. The lowest BCUT2D eigenvalue weighted by Gasteiger charge is -2.28. The molecule has 1 saturated heterocycles. The van der Waals surface area contributed by atoms with Gasteiger partial charge in [-0.2, -0.15) is 4.98 Å². The average Bonchev–Trinajstić information content (AvgIpc) is 3.19. The van der Waals surface area contributed by atoms with E-state index in [0.29, 0.717) is 42.8 Å². The van der Waals surface area contributed by atoms with Crippen molar-refractivity contribution in [3.8, 4) is 22.8 Å². The Balaban J connectivity index is 1.52. The zero-order chi connectivity index (χ0) is 22.1. The maximum Gasteiger partial charge on any atom is 0.224 e. The summed E-state index contributed by atoms with van der Waals surface area (Å²) in [6, 6.07) is 13.1. The van der Waals surface area contributed by atoms with Crippen molar-refractivity contribution >= 4 is 17.3 Å². The molecule has 2 aromatic carbocycles. The maximum atomic E-state index is 12.0. The molecule has 5 rings (SSSR count). The Hall–Kier alpha value is -3.76. The van der Waals surface area contributed by atoms with E-state index in [2.05, 4.69) is 19.7 Å². The summed E-state index contributed by atoms with van der Waals surface area (Å²) in [6.45, 7) is 12.1. The fraction of sp³-hybridized carbons (Fsp3) is 0.280. The Morgan fingerprint density at radius 2 is 1.84 bits per heavy atom. The number of ketones is 1. The van der Waals surface area contributed by atoms with E-state index >= 15 is 0 Å². The Kier molecular flexibility index (Phi) is 5.29. The largest absolute Gasteiger partial charge is 0.440 e. The SMILES string of the molecule is [C-]#[N+]c1ccc(-c2ccc3c(c2)CCC3=O)c(Oc2cc(N3CCOCC3)nc(C)n2)c1. The summed E-state index contributed by atoms with van der Waals surface area (Å²) in [5.74, 6) is 2.59. The molecule has 1 aliphatic carbocycles.